The minimum absolute atomic E-state index is 0.100. The predicted molar refractivity (Wildman–Crippen MR) is 102 cm³/mol. The van der Waals surface area contributed by atoms with Gasteiger partial charge in [0.15, 0.2) is 0 Å². The van der Waals surface area contributed by atoms with Gasteiger partial charge in [-0.15, -0.1) is 11.3 Å². The summed E-state index contributed by atoms with van der Waals surface area (Å²) in [6.07, 6.45) is 0.740. The smallest absolute Gasteiger partial charge is 0.226 e. The first kappa shape index (κ1) is 18.7. The van der Waals surface area contributed by atoms with Crippen molar-refractivity contribution in [1.29, 1.82) is 0 Å². The average molecular weight is 345 g/mol. The van der Waals surface area contributed by atoms with Crippen LogP contribution in [0, 0.1) is 12.3 Å². The molecule has 3 nitrogen and oxygen atoms in total. The van der Waals surface area contributed by atoms with Gasteiger partial charge in [0.2, 0.25) is 5.91 Å². The molecule has 2 N–H and O–H groups in total. The largest absolute Gasteiger partial charge is 0.354 e. The first-order chi connectivity index (χ1) is 11.4. The zero-order valence-electron chi connectivity index (χ0n) is 15.1. The SMILES string of the molecule is CCNC(CNC(=O)C(C)(C)Cc1ccccc1)c1sccc1C. The number of rotatable bonds is 8. The first-order valence-corrected chi connectivity index (χ1v) is 9.41. The molecule has 0 spiro atoms. The minimum atomic E-state index is -0.428. The average Bonchev–Trinajstić information content (AvgIpc) is 2.97. The molecule has 0 aliphatic rings. The Labute approximate surface area is 149 Å². The number of nitrogens with one attached hydrogen (secondary N) is 2. The summed E-state index contributed by atoms with van der Waals surface area (Å²) in [5.74, 6) is 0.100. The van der Waals surface area contributed by atoms with E-state index in [0.717, 1.165) is 13.0 Å². The summed E-state index contributed by atoms with van der Waals surface area (Å²) in [6.45, 7) is 9.73. The Morgan fingerprint density at radius 2 is 1.92 bits per heavy atom. The van der Waals surface area contributed by atoms with Crippen molar-refractivity contribution in [2.45, 2.75) is 40.2 Å². The molecule has 130 valence electrons. The van der Waals surface area contributed by atoms with Crippen LogP contribution in [0.4, 0.5) is 0 Å². The third-order valence-corrected chi connectivity index (χ3v) is 5.37. The molecule has 0 fully saturated rings. The summed E-state index contributed by atoms with van der Waals surface area (Å²) in [6, 6.07) is 12.5. The number of carbonyl (C=O) groups excluding carboxylic acids is 1. The maximum Gasteiger partial charge on any atom is 0.226 e. The Morgan fingerprint density at radius 1 is 1.21 bits per heavy atom. The molecule has 0 bridgehead atoms. The fourth-order valence-electron chi connectivity index (χ4n) is 2.87. The number of benzene rings is 1. The van der Waals surface area contributed by atoms with E-state index in [-0.39, 0.29) is 11.9 Å². The molecular weight excluding hydrogens is 316 g/mol. The summed E-state index contributed by atoms with van der Waals surface area (Å²) in [7, 11) is 0. The first-order valence-electron chi connectivity index (χ1n) is 8.53. The maximum absolute atomic E-state index is 12.7. The second-order valence-electron chi connectivity index (χ2n) is 6.83. The Balaban J connectivity index is 1.98. The molecule has 0 aliphatic carbocycles. The van der Waals surface area contributed by atoms with Crippen LogP contribution in [-0.4, -0.2) is 19.0 Å². The van der Waals surface area contributed by atoms with E-state index in [1.54, 1.807) is 11.3 Å². The van der Waals surface area contributed by atoms with Crippen LogP contribution in [0.15, 0.2) is 41.8 Å². The van der Waals surface area contributed by atoms with E-state index >= 15 is 0 Å². The van der Waals surface area contributed by atoms with Gasteiger partial charge >= 0.3 is 0 Å². The topological polar surface area (TPSA) is 41.1 Å². The number of amides is 1. The summed E-state index contributed by atoms with van der Waals surface area (Å²) in [4.78, 5) is 14.0. The van der Waals surface area contributed by atoms with E-state index < -0.39 is 5.41 Å². The van der Waals surface area contributed by atoms with Gasteiger partial charge in [0.05, 0.1) is 6.04 Å². The lowest BCUT2D eigenvalue weighted by Gasteiger charge is -2.26. The van der Waals surface area contributed by atoms with Crippen LogP contribution < -0.4 is 10.6 Å². The molecule has 0 saturated heterocycles. The molecule has 4 heteroatoms. The highest BCUT2D eigenvalue weighted by Crippen LogP contribution is 2.25. The Bertz CT molecular complexity index is 649. The fourth-order valence-corrected chi connectivity index (χ4v) is 3.87. The number of likely N-dealkylation sites (N-methyl/N-ethyl adjacent to an activating group) is 1. The fraction of sp³-hybridized carbons (Fsp3) is 0.450. The number of aryl methyl sites for hydroxylation is 1. The van der Waals surface area contributed by atoms with Crippen LogP contribution in [0.3, 0.4) is 0 Å². The normalized spacial score (nSPS) is 12.8. The standard InChI is InChI=1S/C20H28N2OS/c1-5-21-17(18-15(2)11-12-24-18)14-22-19(23)20(3,4)13-16-9-7-6-8-10-16/h6-12,17,21H,5,13-14H2,1-4H3,(H,22,23). The van der Waals surface area contributed by atoms with Gasteiger partial charge in [-0.25, -0.2) is 0 Å². The van der Waals surface area contributed by atoms with Crippen molar-refractivity contribution in [2.24, 2.45) is 5.41 Å². The van der Waals surface area contributed by atoms with Crippen molar-refractivity contribution in [1.82, 2.24) is 10.6 Å². The molecule has 2 aromatic rings. The molecular formula is C20H28N2OS. The maximum atomic E-state index is 12.7. The number of carbonyl (C=O) groups is 1. The van der Waals surface area contributed by atoms with Crippen LogP contribution in [0.1, 0.15) is 42.8 Å². The number of hydrogen-bond acceptors (Lipinski definition) is 3. The molecule has 24 heavy (non-hydrogen) atoms. The van der Waals surface area contributed by atoms with E-state index in [9.17, 15) is 4.79 Å². The summed E-state index contributed by atoms with van der Waals surface area (Å²) >= 11 is 1.75. The third-order valence-electron chi connectivity index (χ3n) is 4.24. The molecule has 0 aliphatic heterocycles. The van der Waals surface area contributed by atoms with Crippen LogP contribution in [0.2, 0.25) is 0 Å². The molecule has 0 radical (unpaired) electrons. The predicted octanol–water partition coefficient (Wildman–Crippen LogP) is 4.09. The van der Waals surface area contributed by atoms with Crippen molar-refractivity contribution in [3.05, 3.63) is 57.8 Å². The highest BCUT2D eigenvalue weighted by Gasteiger charge is 2.28. The van der Waals surface area contributed by atoms with Crippen molar-refractivity contribution in [3.8, 4) is 0 Å². The zero-order chi connectivity index (χ0) is 17.6. The van der Waals surface area contributed by atoms with E-state index in [1.165, 1.54) is 16.0 Å². The molecule has 1 aromatic heterocycles. The molecule has 1 heterocycles. The third kappa shape index (κ3) is 4.92. The van der Waals surface area contributed by atoms with Gasteiger partial charge in [-0.1, -0.05) is 51.1 Å². The highest BCUT2D eigenvalue weighted by atomic mass is 32.1. The quantitative estimate of drug-likeness (QED) is 0.757. The van der Waals surface area contributed by atoms with Gasteiger partial charge in [0.1, 0.15) is 0 Å². The van der Waals surface area contributed by atoms with E-state index in [1.807, 2.05) is 32.0 Å². The molecule has 1 atom stereocenters. The number of hydrogen-bond donors (Lipinski definition) is 2. The van der Waals surface area contributed by atoms with Gasteiger partial charge in [0.25, 0.3) is 0 Å². The molecule has 1 amide bonds. The summed E-state index contributed by atoms with van der Waals surface area (Å²) in [5.41, 5.74) is 2.04. The van der Waals surface area contributed by atoms with Gasteiger partial charge in [0, 0.05) is 16.8 Å². The van der Waals surface area contributed by atoms with E-state index in [2.05, 4.69) is 48.1 Å². The van der Waals surface area contributed by atoms with E-state index in [4.69, 9.17) is 0 Å². The summed E-state index contributed by atoms with van der Waals surface area (Å²) in [5, 5.41) is 8.73. The van der Waals surface area contributed by atoms with Crippen LogP contribution in [0.25, 0.3) is 0 Å². The number of thiophene rings is 1. The minimum Gasteiger partial charge on any atom is -0.354 e. The molecule has 0 saturated carbocycles. The van der Waals surface area contributed by atoms with Crippen LogP contribution >= 0.6 is 11.3 Å². The lowest BCUT2D eigenvalue weighted by atomic mass is 9.84. The van der Waals surface area contributed by atoms with Crippen molar-refractivity contribution >= 4 is 17.2 Å². The van der Waals surface area contributed by atoms with Gasteiger partial charge < -0.3 is 10.6 Å². The Hall–Kier alpha value is -1.65. The van der Waals surface area contributed by atoms with E-state index in [0.29, 0.717) is 6.54 Å². The van der Waals surface area contributed by atoms with Gasteiger partial charge in [-0.05, 0) is 42.5 Å². The van der Waals surface area contributed by atoms with Crippen LogP contribution in [0.5, 0.6) is 0 Å². The van der Waals surface area contributed by atoms with Crippen molar-refractivity contribution in [3.63, 3.8) is 0 Å². The van der Waals surface area contributed by atoms with Crippen LogP contribution in [-0.2, 0) is 11.2 Å². The molecule has 1 aromatic carbocycles. The second kappa shape index (κ2) is 8.45. The summed E-state index contributed by atoms with van der Waals surface area (Å²) < 4.78 is 0. The second-order valence-corrected chi connectivity index (χ2v) is 7.78. The molecule has 2 rings (SSSR count). The zero-order valence-corrected chi connectivity index (χ0v) is 15.9. The lowest BCUT2D eigenvalue weighted by Crippen LogP contribution is -2.42. The Morgan fingerprint density at radius 3 is 2.50 bits per heavy atom. The van der Waals surface area contributed by atoms with Crippen molar-refractivity contribution in [2.75, 3.05) is 13.1 Å². The Kier molecular flexibility index (Phi) is 6.58. The lowest BCUT2D eigenvalue weighted by molar-refractivity contribution is -0.129. The van der Waals surface area contributed by atoms with Gasteiger partial charge in [-0.3, -0.25) is 4.79 Å². The van der Waals surface area contributed by atoms with Gasteiger partial charge in [-0.2, -0.15) is 0 Å². The van der Waals surface area contributed by atoms with Crippen molar-refractivity contribution < 1.29 is 4.79 Å². The highest BCUT2D eigenvalue weighted by molar-refractivity contribution is 7.10. The molecule has 1 unspecified atom stereocenters. The monoisotopic (exact) mass is 344 g/mol.